The second kappa shape index (κ2) is 5.78. The van der Waals surface area contributed by atoms with Crippen LogP contribution in [0.25, 0.3) is 0 Å². The van der Waals surface area contributed by atoms with Crippen LogP contribution in [0, 0.1) is 5.92 Å². The Morgan fingerprint density at radius 2 is 1.95 bits per heavy atom. The highest BCUT2D eigenvalue weighted by molar-refractivity contribution is 6.21. The first-order valence-electron chi connectivity index (χ1n) is 6.36. The summed E-state index contributed by atoms with van der Waals surface area (Å²) in [5, 5.41) is 0. The molecule has 1 aromatic rings. The van der Waals surface area contributed by atoms with E-state index in [4.69, 9.17) is 4.74 Å². The summed E-state index contributed by atoms with van der Waals surface area (Å²) < 4.78 is 5.12. The lowest BCUT2D eigenvalue weighted by Gasteiger charge is -2.19. The molecule has 19 heavy (non-hydrogen) atoms. The minimum Gasteiger partial charge on any atom is -0.497 e. The van der Waals surface area contributed by atoms with E-state index in [-0.39, 0.29) is 11.6 Å². The number of Topliss-reactive ketones (excluding diaryl/α,β-unsaturated/α-hetero) is 2. The second-order valence-corrected chi connectivity index (χ2v) is 4.67. The zero-order valence-corrected chi connectivity index (χ0v) is 11.2. The van der Waals surface area contributed by atoms with Gasteiger partial charge in [0.05, 0.1) is 12.8 Å². The summed E-state index contributed by atoms with van der Waals surface area (Å²) in [5.74, 6) is 0.0242. The number of benzene rings is 1. The van der Waals surface area contributed by atoms with Gasteiger partial charge in [0.15, 0.2) is 0 Å². The highest BCUT2D eigenvalue weighted by Crippen LogP contribution is 2.23. The van der Waals surface area contributed by atoms with Gasteiger partial charge in [0.1, 0.15) is 23.2 Å². The van der Waals surface area contributed by atoms with Crippen LogP contribution < -0.4 is 4.74 Å². The molecule has 0 heterocycles. The van der Waals surface area contributed by atoms with Crippen LogP contribution in [0.4, 0.5) is 5.69 Å². The molecule has 0 radical (unpaired) electrons. The van der Waals surface area contributed by atoms with E-state index in [1.807, 2.05) is 18.2 Å². The lowest BCUT2D eigenvalue weighted by Crippen LogP contribution is -2.33. The molecule has 0 aromatic heterocycles. The Morgan fingerprint density at radius 1 is 1.26 bits per heavy atom. The zero-order chi connectivity index (χ0) is 13.8. The molecule has 0 atom stereocenters. The highest BCUT2D eigenvalue weighted by atomic mass is 16.5. The number of rotatable bonds is 3. The molecule has 1 aliphatic rings. The molecule has 1 fully saturated rings. The predicted molar refractivity (Wildman–Crippen MR) is 73.1 cm³/mol. The van der Waals surface area contributed by atoms with Crippen LogP contribution in [0.3, 0.4) is 0 Å². The third kappa shape index (κ3) is 3.08. The molecule has 1 saturated carbocycles. The van der Waals surface area contributed by atoms with E-state index in [9.17, 15) is 9.59 Å². The van der Waals surface area contributed by atoms with E-state index in [2.05, 4.69) is 4.99 Å². The van der Waals surface area contributed by atoms with Gasteiger partial charge in [0.25, 0.3) is 0 Å². The van der Waals surface area contributed by atoms with Crippen LogP contribution in [0.2, 0.25) is 0 Å². The zero-order valence-electron chi connectivity index (χ0n) is 11.2. The number of ketones is 2. The first-order chi connectivity index (χ1) is 9.11. The maximum atomic E-state index is 11.8. The van der Waals surface area contributed by atoms with Crippen molar-refractivity contribution in [2.45, 2.75) is 26.2 Å². The molecule has 100 valence electrons. The topological polar surface area (TPSA) is 55.7 Å². The van der Waals surface area contributed by atoms with Crippen molar-refractivity contribution >= 4 is 23.0 Å². The maximum absolute atomic E-state index is 11.8. The largest absolute Gasteiger partial charge is 0.497 e. The summed E-state index contributed by atoms with van der Waals surface area (Å²) in [6, 6.07) is 7.26. The quantitative estimate of drug-likeness (QED) is 0.619. The van der Waals surface area contributed by atoms with E-state index in [0.29, 0.717) is 36.4 Å². The number of hydrogen-bond acceptors (Lipinski definition) is 4. The van der Waals surface area contributed by atoms with Gasteiger partial charge in [-0.05, 0) is 25.5 Å². The van der Waals surface area contributed by atoms with Crippen molar-refractivity contribution in [2.75, 3.05) is 7.11 Å². The average molecular weight is 259 g/mol. The number of methoxy groups -OCH3 is 1. The number of aliphatic imine (C=N–C) groups is 1. The molecule has 0 N–H and O–H groups in total. The van der Waals surface area contributed by atoms with Crippen molar-refractivity contribution in [3.8, 4) is 5.75 Å². The number of ether oxygens (including phenoxy) is 1. The van der Waals surface area contributed by atoms with Gasteiger partial charge in [-0.3, -0.25) is 14.6 Å². The molecule has 4 nitrogen and oxygen atoms in total. The Labute approximate surface area is 112 Å². The average Bonchev–Trinajstić information content (AvgIpc) is 2.38. The van der Waals surface area contributed by atoms with Crippen molar-refractivity contribution in [2.24, 2.45) is 10.9 Å². The molecule has 2 rings (SSSR count). The van der Waals surface area contributed by atoms with E-state index in [1.165, 1.54) is 0 Å². The summed E-state index contributed by atoms with van der Waals surface area (Å²) in [4.78, 5) is 28.1. The Bertz CT molecular complexity index is 518. The highest BCUT2D eigenvalue weighted by Gasteiger charge is 2.32. The molecule has 0 bridgehead atoms. The van der Waals surface area contributed by atoms with Crippen LogP contribution in [0.15, 0.2) is 29.3 Å². The van der Waals surface area contributed by atoms with Gasteiger partial charge in [-0.1, -0.05) is 6.07 Å². The van der Waals surface area contributed by atoms with Gasteiger partial charge in [0, 0.05) is 24.6 Å². The van der Waals surface area contributed by atoms with Gasteiger partial charge in [-0.15, -0.1) is 0 Å². The van der Waals surface area contributed by atoms with Gasteiger partial charge >= 0.3 is 0 Å². The summed E-state index contributed by atoms with van der Waals surface area (Å²) in [5.41, 5.74) is 1.27. The Hall–Kier alpha value is -1.97. The predicted octanol–water partition coefficient (Wildman–Crippen LogP) is 2.73. The lowest BCUT2D eigenvalue weighted by molar-refractivity contribution is -0.132. The summed E-state index contributed by atoms with van der Waals surface area (Å²) in [6.07, 6.45) is 1.61. The molecule has 1 aromatic carbocycles. The Kier molecular flexibility index (Phi) is 4.10. The van der Waals surface area contributed by atoms with Crippen molar-refractivity contribution < 1.29 is 14.3 Å². The van der Waals surface area contributed by atoms with Gasteiger partial charge in [-0.2, -0.15) is 0 Å². The molecular formula is C15H17NO3. The van der Waals surface area contributed by atoms with E-state index in [0.717, 1.165) is 0 Å². The fourth-order valence-corrected chi connectivity index (χ4v) is 2.32. The van der Waals surface area contributed by atoms with E-state index >= 15 is 0 Å². The van der Waals surface area contributed by atoms with E-state index < -0.39 is 5.92 Å². The van der Waals surface area contributed by atoms with Gasteiger partial charge < -0.3 is 4.74 Å². The van der Waals surface area contributed by atoms with Crippen molar-refractivity contribution in [1.82, 2.24) is 0 Å². The normalized spacial score (nSPS) is 17.7. The number of carbonyl (C=O) groups excluding carboxylic acids is 2. The van der Waals surface area contributed by atoms with Crippen LogP contribution in [-0.2, 0) is 9.59 Å². The van der Waals surface area contributed by atoms with Crippen molar-refractivity contribution in [3.05, 3.63) is 24.3 Å². The van der Waals surface area contributed by atoms with Crippen molar-refractivity contribution in [3.63, 3.8) is 0 Å². The van der Waals surface area contributed by atoms with Crippen LogP contribution in [0.5, 0.6) is 5.75 Å². The summed E-state index contributed by atoms with van der Waals surface area (Å²) >= 11 is 0. The second-order valence-electron chi connectivity index (χ2n) is 4.67. The number of carbonyl (C=O) groups is 2. The Balaban J connectivity index is 2.26. The van der Waals surface area contributed by atoms with Gasteiger partial charge in [0.2, 0.25) is 0 Å². The third-order valence-corrected chi connectivity index (χ3v) is 3.27. The van der Waals surface area contributed by atoms with Crippen LogP contribution >= 0.6 is 0 Å². The molecule has 0 aliphatic heterocycles. The minimum atomic E-state index is -0.653. The molecule has 0 saturated heterocycles. The summed E-state index contributed by atoms with van der Waals surface area (Å²) in [6.45, 7) is 1.74. The fraction of sp³-hybridized carbons (Fsp3) is 0.400. The smallest absolute Gasteiger partial charge is 0.149 e. The SMILES string of the molecule is COc1cccc(N=C(C)C2C(=O)CCCC2=O)c1. The lowest BCUT2D eigenvalue weighted by atomic mass is 9.84. The molecule has 0 unspecified atom stereocenters. The monoisotopic (exact) mass is 259 g/mol. The summed E-state index contributed by atoms with van der Waals surface area (Å²) in [7, 11) is 1.59. The van der Waals surface area contributed by atoms with Crippen LogP contribution in [0.1, 0.15) is 26.2 Å². The molecule has 0 amide bonds. The molecular weight excluding hydrogens is 242 g/mol. The number of nitrogens with zero attached hydrogens (tertiary/aromatic N) is 1. The molecule has 0 spiro atoms. The Morgan fingerprint density at radius 3 is 2.58 bits per heavy atom. The van der Waals surface area contributed by atoms with Crippen LogP contribution in [-0.4, -0.2) is 24.4 Å². The third-order valence-electron chi connectivity index (χ3n) is 3.27. The molecule has 4 heteroatoms. The first kappa shape index (κ1) is 13.5. The van der Waals surface area contributed by atoms with Gasteiger partial charge in [-0.25, -0.2) is 0 Å². The maximum Gasteiger partial charge on any atom is 0.149 e. The fourth-order valence-electron chi connectivity index (χ4n) is 2.32. The number of hydrogen-bond donors (Lipinski definition) is 0. The minimum absolute atomic E-state index is 0.0135. The first-order valence-corrected chi connectivity index (χ1v) is 6.36. The molecule has 1 aliphatic carbocycles. The van der Waals surface area contributed by atoms with Crippen molar-refractivity contribution in [1.29, 1.82) is 0 Å². The standard InChI is InChI=1S/C15H17NO3/c1-10(15-13(17)7-4-8-14(15)18)16-11-5-3-6-12(9-11)19-2/h3,5-6,9,15H,4,7-8H2,1-2H3. The van der Waals surface area contributed by atoms with E-state index in [1.54, 1.807) is 20.1 Å².